The van der Waals surface area contributed by atoms with Gasteiger partial charge in [0.05, 0.1) is 25.0 Å². The zero-order chi connectivity index (χ0) is 13.5. The van der Waals surface area contributed by atoms with E-state index in [2.05, 4.69) is 31.3 Å². The van der Waals surface area contributed by atoms with Crippen LogP contribution in [-0.2, 0) is 6.54 Å². The van der Waals surface area contributed by atoms with Crippen LogP contribution in [0.2, 0.25) is 0 Å². The summed E-state index contributed by atoms with van der Waals surface area (Å²) in [5.74, 6) is 7.00. The summed E-state index contributed by atoms with van der Waals surface area (Å²) >= 11 is 0. The highest BCUT2D eigenvalue weighted by Gasteiger charge is 2.25. The number of nitrogens with zero attached hydrogens (tertiary/aromatic N) is 2. The molecule has 3 N–H and O–H groups in total. The van der Waals surface area contributed by atoms with Crippen LogP contribution < -0.4 is 16.0 Å². The van der Waals surface area contributed by atoms with Crippen LogP contribution in [0, 0.1) is 5.92 Å². The maximum Gasteiger partial charge on any atom is 0.161 e. The Morgan fingerprint density at radius 3 is 2.67 bits per heavy atom. The maximum absolute atomic E-state index is 5.74. The molecule has 1 aromatic rings. The smallest absolute Gasteiger partial charge is 0.161 e. The lowest BCUT2D eigenvalue weighted by atomic mass is 9.94. The van der Waals surface area contributed by atoms with Gasteiger partial charge in [0.2, 0.25) is 0 Å². The van der Waals surface area contributed by atoms with Crippen molar-refractivity contribution in [1.82, 2.24) is 15.2 Å². The fourth-order valence-corrected chi connectivity index (χ4v) is 2.37. The summed E-state index contributed by atoms with van der Waals surface area (Å²) in [6.45, 7) is 7.41. The Bertz CT molecular complexity index is 351. The van der Waals surface area contributed by atoms with Crippen LogP contribution in [0.3, 0.4) is 0 Å². The van der Waals surface area contributed by atoms with Crippen LogP contribution in [0.1, 0.15) is 51.8 Å². The molecule has 0 bridgehead atoms. The van der Waals surface area contributed by atoms with E-state index in [4.69, 9.17) is 10.6 Å². The Hall–Kier alpha value is -1.07. The lowest BCUT2D eigenvalue weighted by molar-refractivity contribution is 0.326. The Morgan fingerprint density at radius 1 is 1.44 bits per heavy atom. The minimum atomic E-state index is 0.0777. The van der Waals surface area contributed by atoms with Crippen LogP contribution in [0.25, 0.3) is 0 Å². The first-order valence-corrected chi connectivity index (χ1v) is 6.75. The fourth-order valence-electron chi connectivity index (χ4n) is 2.37. The molecule has 0 amide bonds. The van der Waals surface area contributed by atoms with Gasteiger partial charge in [-0.3, -0.25) is 16.0 Å². The second kappa shape index (κ2) is 7.38. The molecular formula is C13H26N4O. The third-order valence-corrected chi connectivity index (χ3v) is 3.29. The van der Waals surface area contributed by atoms with E-state index in [1.54, 1.807) is 13.3 Å². The fraction of sp³-hybridized carbons (Fsp3) is 0.769. The molecule has 5 nitrogen and oxygen atoms in total. The predicted octanol–water partition coefficient (Wildman–Crippen LogP) is 2.24. The number of rotatable bonds is 8. The average molecular weight is 254 g/mol. The quantitative estimate of drug-likeness (QED) is 0.551. The Labute approximate surface area is 110 Å². The molecule has 2 atom stereocenters. The van der Waals surface area contributed by atoms with Gasteiger partial charge in [-0.15, -0.1) is 0 Å². The summed E-state index contributed by atoms with van der Waals surface area (Å²) in [6.07, 6.45) is 5.07. The minimum Gasteiger partial charge on any atom is -0.493 e. The topological polar surface area (TPSA) is 65.1 Å². The van der Waals surface area contributed by atoms with Crippen molar-refractivity contribution in [3.63, 3.8) is 0 Å². The van der Waals surface area contributed by atoms with Gasteiger partial charge in [0.25, 0.3) is 0 Å². The number of ether oxygens (including phenoxy) is 1. The van der Waals surface area contributed by atoms with Crippen molar-refractivity contribution in [2.45, 2.75) is 52.6 Å². The number of aromatic nitrogens is 2. The highest BCUT2D eigenvalue weighted by Crippen LogP contribution is 2.31. The highest BCUT2D eigenvalue weighted by molar-refractivity contribution is 5.28. The maximum atomic E-state index is 5.74. The normalized spacial score (nSPS) is 14.5. The number of hydrazine groups is 1. The molecule has 5 heteroatoms. The number of hydrogen-bond donors (Lipinski definition) is 2. The summed E-state index contributed by atoms with van der Waals surface area (Å²) in [7, 11) is 1.68. The molecule has 1 heterocycles. The SMILES string of the molecule is CCCC(C)C(NN)c1c(OC)cnn1CCC. The molecule has 1 aromatic heterocycles. The molecule has 0 aliphatic heterocycles. The van der Waals surface area contributed by atoms with Crippen molar-refractivity contribution in [3.05, 3.63) is 11.9 Å². The first-order valence-electron chi connectivity index (χ1n) is 6.75. The van der Waals surface area contributed by atoms with Crippen LogP contribution in [0.5, 0.6) is 5.75 Å². The van der Waals surface area contributed by atoms with Crippen molar-refractivity contribution in [2.24, 2.45) is 11.8 Å². The molecular weight excluding hydrogens is 228 g/mol. The van der Waals surface area contributed by atoms with E-state index >= 15 is 0 Å². The first-order chi connectivity index (χ1) is 8.69. The largest absolute Gasteiger partial charge is 0.493 e. The number of nitrogens with one attached hydrogen (secondary N) is 1. The summed E-state index contributed by atoms with van der Waals surface area (Å²) in [6, 6.07) is 0.0777. The third-order valence-electron chi connectivity index (χ3n) is 3.29. The first kappa shape index (κ1) is 15.0. The molecule has 1 rings (SSSR count). The molecule has 104 valence electrons. The average Bonchev–Trinajstić information content (AvgIpc) is 2.74. The van der Waals surface area contributed by atoms with E-state index in [0.717, 1.165) is 37.3 Å². The van der Waals surface area contributed by atoms with Gasteiger partial charge in [-0.1, -0.05) is 27.2 Å². The van der Waals surface area contributed by atoms with Gasteiger partial charge in [-0.2, -0.15) is 5.10 Å². The van der Waals surface area contributed by atoms with Crippen molar-refractivity contribution in [2.75, 3.05) is 7.11 Å². The Kier molecular flexibility index (Phi) is 6.15. The zero-order valence-electron chi connectivity index (χ0n) is 11.9. The van der Waals surface area contributed by atoms with E-state index in [0.29, 0.717) is 5.92 Å². The van der Waals surface area contributed by atoms with Gasteiger partial charge in [0, 0.05) is 6.54 Å². The van der Waals surface area contributed by atoms with Gasteiger partial charge in [-0.05, 0) is 18.8 Å². The number of nitrogens with two attached hydrogens (primary N) is 1. The summed E-state index contributed by atoms with van der Waals surface area (Å²) in [5, 5.41) is 4.38. The van der Waals surface area contributed by atoms with Gasteiger partial charge in [0.15, 0.2) is 5.75 Å². The van der Waals surface area contributed by atoms with E-state index in [-0.39, 0.29) is 6.04 Å². The second-order valence-electron chi connectivity index (χ2n) is 4.73. The third kappa shape index (κ3) is 3.23. The molecule has 0 aromatic carbocycles. The van der Waals surface area contributed by atoms with Crippen LogP contribution >= 0.6 is 0 Å². The zero-order valence-corrected chi connectivity index (χ0v) is 11.9. The van der Waals surface area contributed by atoms with Gasteiger partial charge in [0.1, 0.15) is 0 Å². The lowest BCUT2D eigenvalue weighted by Crippen LogP contribution is -2.34. The van der Waals surface area contributed by atoms with Gasteiger partial charge < -0.3 is 4.74 Å². The van der Waals surface area contributed by atoms with Gasteiger partial charge in [-0.25, -0.2) is 0 Å². The van der Waals surface area contributed by atoms with Crippen LogP contribution in [-0.4, -0.2) is 16.9 Å². The monoisotopic (exact) mass is 254 g/mol. The minimum absolute atomic E-state index is 0.0777. The predicted molar refractivity (Wildman–Crippen MR) is 73.2 cm³/mol. The summed E-state index contributed by atoms with van der Waals surface area (Å²) in [5.41, 5.74) is 3.98. The molecule has 0 fully saturated rings. The molecule has 0 spiro atoms. The molecule has 2 unspecified atom stereocenters. The second-order valence-corrected chi connectivity index (χ2v) is 4.73. The van der Waals surface area contributed by atoms with Crippen molar-refractivity contribution >= 4 is 0 Å². The lowest BCUT2D eigenvalue weighted by Gasteiger charge is -2.24. The molecule has 0 aliphatic rings. The molecule has 0 saturated heterocycles. The van der Waals surface area contributed by atoms with Crippen molar-refractivity contribution < 1.29 is 4.74 Å². The van der Waals surface area contributed by atoms with E-state index in [1.807, 2.05) is 4.68 Å². The summed E-state index contributed by atoms with van der Waals surface area (Å²) < 4.78 is 7.40. The van der Waals surface area contributed by atoms with E-state index in [1.165, 1.54) is 0 Å². The standard InChI is InChI=1S/C13H26N4O/c1-5-7-10(3)12(16-14)13-11(18-4)9-15-17(13)8-6-2/h9-10,12,16H,5-8,14H2,1-4H3. The highest BCUT2D eigenvalue weighted by atomic mass is 16.5. The summed E-state index contributed by atoms with van der Waals surface area (Å²) in [4.78, 5) is 0. The van der Waals surface area contributed by atoms with Gasteiger partial charge >= 0.3 is 0 Å². The van der Waals surface area contributed by atoms with Crippen LogP contribution in [0.4, 0.5) is 0 Å². The van der Waals surface area contributed by atoms with Crippen LogP contribution in [0.15, 0.2) is 6.20 Å². The molecule has 0 saturated carbocycles. The van der Waals surface area contributed by atoms with Crippen molar-refractivity contribution in [3.8, 4) is 5.75 Å². The number of methoxy groups -OCH3 is 1. The molecule has 0 radical (unpaired) electrons. The van der Waals surface area contributed by atoms with Crippen molar-refractivity contribution in [1.29, 1.82) is 0 Å². The Balaban J connectivity index is 3.04. The number of hydrogen-bond acceptors (Lipinski definition) is 4. The number of aryl methyl sites for hydroxylation is 1. The molecule has 18 heavy (non-hydrogen) atoms. The Morgan fingerprint density at radius 2 is 2.17 bits per heavy atom. The van der Waals surface area contributed by atoms with E-state index in [9.17, 15) is 0 Å². The van der Waals surface area contributed by atoms with E-state index < -0.39 is 0 Å². The molecule has 0 aliphatic carbocycles.